The molecule has 0 radical (unpaired) electrons. The lowest BCUT2D eigenvalue weighted by atomic mass is 10.1. The fraction of sp³-hybridized carbons (Fsp3) is 0.263. The van der Waals surface area contributed by atoms with Gasteiger partial charge in [0, 0.05) is 11.9 Å². The number of aromatic hydroxyl groups is 1. The Balaban J connectivity index is 1.97. The number of aromatic nitrogens is 2. The summed E-state index contributed by atoms with van der Waals surface area (Å²) in [6.07, 6.45) is 1.80. The first-order valence-electron chi connectivity index (χ1n) is 8.34. The van der Waals surface area contributed by atoms with Crippen LogP contribution in [0.15, 0.2) is 42.5 Å². The van der Waals surface area contributed by atoms with Crippen molar-refractivity contribution in [1.82, 2.24) is 9.97 Å². The molecule has 1 aliphatic rings. The SMILES string of the molecule is CCN(c1nc(-c2cc(F)ccc2O)nc2ccccc12)C1(N)CC1. The maximum Gasteiger partial charge on any atom is 0.165 e. The number of halogens is 1. The van der Waals surface area contributed by atoms with Crippen LogP contribution in [0.1, 0.15) is 19.8 Å². The Morgan fingerprint density at radius 1 is 1.20 bits per heavy atom. The van der Waals surface area contributed by atoms with Crippen molar-refractivity contribution in [2.45, 2.75) is 25.4 Å². The molecule has 3 aromatic rings. The zero-order chi connectivity index (χ0) is 17.6. The number of fused-ring (bicyclic) bond motifs is 1. The largest absolute Gasteiger partial charge is 0.507 e. The Morgan fingerprint density at radius 3 is 2.68 bits per heavy atom. The van der Waals surface area contributed by atoms with Crippen molar-refractivity contribution in [3.63, 3.8) is 0 Å². The van der Waals surface area contributed by atoms with Crippen molar-refractivity contribution in [2.75, 3.05) is 11.4 Å². The highest BCUT2D eigenvalue weighted by atomic mass is 19.1. The van der Waals surface area contributed by atoms with Crippen LogP contribution < -0.4 is 10.6 Å². The highest BCUT2D eigenvalue weighted by Crippen LogP contribution is 2.41. The first-order valence-corrected chi connectivity index (χ1v) is 8.34. The number of para-hydroxylation sites is 1. The first-order chi connectivity index (χ1) is 12.0. The molecule has 0 bridgehead atoms. The number of nitrogens with two attached hydrogens (primary N) is 1. The Bertz CT molecular complexity index is 955. The summed E-state index contributed by atoms with van der Waals surface area (Å²) in [4.78, 5) is 11.2. The first kappa shape index (κ1) is 15.8. The van der Waals surface area contributed by atoms with E-state index in [1.54, 1.807) is 0 Å². The monoisotopic (exact) mass is 338 g/mol. The molecule has 4 rings (SSSR count). The average molecular weight is 338 g/mol. The van der Waals surface area contributed by atoms with Gasteiger partial charge in [-0.1, -0.05) is 12.1 Å². The van der Waals surface area contributed by atoms with E-state index in [0.29, 0.717) is 12.4 Å². The fourth-order valence-corrected chi connectivity index (χ4v) is 3.15. The second kappa shape index (κ2) is 5.67. The van der Waals surface area contributed by atoms with E-state index in [2.05, 4.69) is 14.9 Å². The molecule has 1 saturated carbocycles. The maximum atomic E-state index is 13.7. The Morgan fingerprint density at radius 2 is 1.96 bits per heavy atom. The van der Waals surface area contributed by atoms with E-state index in [9.17, 15) is 9.50 Å². The second-order valence-electron chi connectivity index (χ2n) is 6.40. The van der Waals surface area contributed by atoms with Crippen molar-refractivity contribution >= 4 is 16.7 Å². The quantitative estimate of drug-likeness (QED) is 0.713. The van der Waals surface area contributed by atoms with Gasteiger partial charge in [-0.2, -0.15) is 0 Å². The van der Waals surface area contributed by atoms with Crippen LogP contribution in [0.4, 0.5) is 10.2 Å². The molecule has 5 nitrogen and oxygen atoms in total. The molecule has 1 aromatic heterocycles. The number of rotatable bonds is 4. The molecule has 0 unspecified atom stereocenters. The van der Waals surface area contributed by atoms with Crippen LogP contribution in [-0.4, -0.2) is 27.3 Å². The summed E-state index contributed by atoms with van der Waals surface area (Å²) in [5.41, 5.74) is 7.03. The zero-order valence-corrected chi connectivity index (χ0v) is 13.9. The van der Waals surface area contributed by atoms with Gasteiger partial charge in [0.1, 0.15) is 17.4 Å². The van der Waals surface area contributed by atoms with Crippen LogP contribution in [-0.2, 0) is 0 Å². The molecule has 0 amide bonds. The van der Waals surface area contributed by atoms with Gasteiger partial charge in [-0.15, -0.1) is 0 Å². The summed E-state index contributed by atoms with van der Waals surface area (Å²) in [6, 6.07) is 11.4. The number of phenols is 1. The highest BCUT2D eigenvalue weighted by molar-refractivity contribution is 5.91. The molecule has 3 N–H and O–H groups in total. The highest BCUT2D eigenvalue weighted by Gasteiger charge is 2.45. The van der Waals surface area contributed by atoms with Gasteiger partial charge in [0.15, 0.2) is 5.82 Å². The maximum absolute atomic E-state index is 13.7. The lowest BCUT2D eigenvalue weighted by Gasteiger charge is -2.30. The van der Waals surface area contributed by atoms with Crippen molar-refractivity contribution in [1.29, 1.82) is 0 Å². The van der Waals surface area contributed by atoms with Crippen molar-refractivity contribution in [2.24, 2.45) is 5.73 Å². The minimum atomic E-state index is -0.448. The third kappa shape index (κ3) is 2.68. The van der Waals surface area contributed by atoms with Crippen molar-refractivity contribution < 1.29 is 9.50 Å². The van der Waals surface area contributed by atoms with Gasteiger partial charge in [-0.05, 0) is 50.1 Å². The van der Waals surface area contributed by atoms with Crippen LogP contribution in [0.25, 0.3) is 22.3 Å². The number of hydrogen-bond acceptors (Lipinski definition) is 5. The summed E-state index contributed by atoms with van der Waals surface area (Å²) < 4.78 is 13.7. The Hall–Kier alpha value is -2.73. The Labute approximate surface area is 144 Å². The standard InChI is InChI=1S/C19H19FN4O/c1-2-24(19(21)9-10-19)18-13-5-3-4-6-15(13)22-17(23-18)14-11-12(20)7-8-16(14)25/h3-8,11,25H,2,9-10,21H2,1H3. The number of anilines is 1. The van der Waals surface area contributed by atoms with E-state index in [0.717, 1.165) is 23.7 Å². The molecule has 0 saturated heterocycles. The van der Waals surface area contributed by atoms with Gasteiger partial charge in [0.2, 0.25) is 0 Å². The topological polar surface area (TPSA) is 75.3 Å². The van der Waals surface area contributed by atoms with E-state index in [4.69, 9.17) is 5.73 Å². The molecule has 6 heteroatoms. The summed E-state index contributed by atoms with van der Waals surface area (Å²) in [5, 5.41) is 11.0. The van der Waals surface area contributed by atoms with Gasteiger partial charge in [-0.25, -0.2) is 14.4 Å². The smallest absolute Gasteiger partial charge is 0.165 e. The molecule has 1 fully saturated rings. The van der Waals surface area contributed by atoms with E-state index in [1.165, 1.54) is 18.2 Å². The molecule has 1 aliphatic carbocycles. The molecular formula is C19H19FN4O. The molecule has 1 heterocycles. The minimum absolute atomic E-state index is 0.0560. The lowest BCUT2D eigenvalue weighted by molar-refractivity contribution is 0.475. The number of hydrogen-bond donors (Lipinski definition) is 2. The van der Waals surface area contributed by atoms with E-state index < -0.39 is 11.5 Å². The number of nitrogens with zero attached hydrogens (tertiary/aromatic N) is 3. The van der Waals surface area contributed by atoms with Crippen molar-refractivity contribution in [3.05, 3.63) is 48.3 Å². The molecule has 25 heavy (non-hydrogen) atoms. The molecule has 2 aromatic carbocycles. The summed E-state index contributed by atoms with van der Waals surface area (Å²) >= 11 is 0. The average Bonchev–Trinajstić information content (AvgIpc) is 3.35. The van der Waals surface area contributed by atoms with Gasteiger partial charge in [0.05, 0.1) is 16.7 Å². The van der Waals surface area contributed by atoms with E-state index in [1.807, 2.05) is 31.2 Å². The van der Waals surface area contributed by atoms with Gasteiger partial charge in [-0.3, -0.25) is 0 Å². The molecule has 0 atom stereocenters. The minimum Gasteiger partial charge on any atom is -0.507 e. The summed E-state index contributed by atoms with van der Waals surface area (Å²) in [7, 11) is 0. The lowest BCUT2D eigenvalue weighted by Crippen LogP contribution is -2.45. The molecule has 0 aliphatic heterocycles. The fourth-order valence-electron chi connectivity index (χ4n) is 3.15. The normalized spacial score (nSPS) is 15.3. The molecular weight excluding hydrogens is 319 g/mol. The van der Waals surface area contributed by atoms with Gasteiger partial charge in [0.25, 0.3) is 0 Å². The zero-order valence-electron chi connectivity index (χ0n) is 13.9. The third-order valence-electron chi connectivity index (χ3n) is 4.65. The van der Waals surface area contributed by atoms with Gasteiger partial charge < -0.3 is 15.7 Å². The van der Waals surface area contributed by atoms with Crippen LogP contribution in [0.3, 0.4) is 0 Å². The van der Waals surface area contributed by atoms with Crippen LogP contribution >= 0.6 is 0 Å². The van der Waals surface area contributed by atoms with E-state index in [-0.39, 0.29) is 17.1 Å². The number of benzene rings is 2. The summed E-state index contributed by atoms with van der Waals surface area (Å²) in [6.45, 7) is 2.73. The van der Waals surface area contributed by atoms with Crippen LogP contribution in [0, 0.1) is 5.82 Å². The van der Waals surface area contributed by atoms with E-state index >= 15 is 0 Å². The van der Waals surface area contributed by atoms with Gasteiger partial charge >= 0.3 is 0 Å². The van der Waals surface area contributed by atoms with Crippen LogP contribution in [0.2, 0.25) is 0 Å². The predicted octanol–water partition coefficient (Wildman–Crippen LogP) is 3.42. The second-order valence-corrected chi connectivity index (χ2v) is 6.40. The molecule has 128 valence electrons. The number of phenolic OH excluding ortho intramolecular Hbond substituents is 1. The predicted molar refractivity (Wildman–Crippen MR) is 95.8 cm³/mol. The molecule has 0 spiro atoms. The summed E-state index contributed by atoms with van der Waals surface area (Å²) in [5.74, 6) is 0.496. The third-order valence-corrected chi connectivity index (χ3v) is 4.65. The van der Waals surface area contributed by atoms with Crippen molar-refractivity contribution in [3.8, 4) is 17.1 Å². The van der Waals surface area contributed by atoms with Crippen LogP contribution in [0.5, 0.6) is 5.75 Å². The Kier molecular flexibility index (Phi) is 3.58.